The number of aliphatic hydroxyl groups is 2. The van der Waals surface area contributed by atoms with Gasteiger partial charge >= 0.3 is 23.9 Å². The molecule has 0 aliphatic carbocycles. The van der Waals surface area contributed by atoms with E-state index in [-0.39, 0.29) is 25.9 Å². The summed E-state index contributed by atoms with van der Waals surface area (Å²) in [5.74, 6) is -3.27. The highest BCUT2D eigenvalue weighted by molar-refractivity contribution is 5.74. The van der Waals surface area contributed by atoms with Gasteiger partial charge in [-0.3, -0.25) is 14.4 Å². The fourth-order valence-corrected chi connectivity index (χ4v) is 8.03. The van der Waals surface area contributed by atoms with Crippen LogP contribution in [0.4, 0.5) is 0 Å². The van der Waals surface area contributed by atoms with Crippen LogP contribution in [0.15, 0.2) is 122 Å². The standard InChI is InChI=1S/C65H102O12/c1-4-7-10-13-16-19-22-25-27-29-31-34-36-39-42-45-48-51-57(66)73-54-56(75-58(67)52-49-46-43-40-37-33-24-21-18-15-12-9-6-3)55-74-65-63(61(70)60(69)62(77-65)64(71)72)76-59(68)53-50-47-44-41-38-35-32-30-28-26-23-20-17-14-11-8-5-2/h8-9,11-12,16-21,25-28,32-33,35,37,41,44,56,60-63,65,69-70H,4-7,10,13-15,22-24,29-31,34,36,38-40,42-43,45-55H2,1-3H3,(H,71,72)/b11-8-,12-9-,19-16-,20-17-,21-18-,27-25-,28-26-,35-32-,37-33-,44-41-. The highest BCUT2D eigenvalue weighted by Gasteiger charge is 2.50. The summed E-state index contributed by atoms with van der Waals surface area (Å²) in [6.45, 7) is 5.67. The fraction of sp³-hybridized carbons (Fsp3) is 0.631. The number of aliphatic carboxylic acids is 1. The molecule has 0 aromatic rings. The van der Waals surface area contributed by atoms with Crippen LogP contribution in [-0.2, 0) is 42.9 Å². The van der Waals surface area contributed by atoms with Gasteiger partial charge in [-0.15, -0.1) is 0 Å². The summed E-state index contributed by atoms with van der Waals surface area (Å²) in [7, 11) is 0. The zero-order valence-electron chi connectivity index (χ0n) is 47.7. The Hall–Kier alpha value is -4.88. The third-order valence-electron chi connectivity index (χ3n) is 12.5. The van der Waals surface area contributed by atoms with E-state index in [0.29, 0.717) is 25.7 Å². The highest BCUT2D eigenvalue weighted by atomic mass is 16.7. The Morgan fingerprint density at radius 1 is 0.442 bits per heavy atom. The van der Waals surface area contributed by atoms with Gasteiger partial charge < -0.3 is 39.0 Å². The van der Waals surface area contributed by atoms with Crippen LogP contribution in [0.2, 0.25) is 0 Å². The minimum Gasteiger partial charge on any atom is -0.479 e. The number of ether oxygens (including phenoxy) is 5. The van der Waals surface area contributed by atoms with Gasteiger partial charge in [0.05, 0.1) is 6.61 Å². The molecule has 0 amide bonds. The van der Waals surface area contributed by atoms with Crippen LogP contribution in [0.5, 0.6) is 0 Å². The third-order valence-corrected chi connectivity index (χ3v) is 12.5. The first kappa shape index (κ1) is 70.1. The van der Waals surface area contributed by atoms with E-state index in [1.54, 1.807) is 0 Å². The van der Waals surface area contributed by atoms with E-state index in [4.69, 9.17) is 23.7 Å². The SMILES string of the molecule is CC/C=C\C/C=C\C/C=C\C/C=C\C/C=C\CCCC(=O)OC1C(OCC(COC(=O)CCCCCCCCC/C=C\C/C=C\CCCCC)OC(=O)CCCCC/C=C\C/C=C\C/C=C\CC)OC(C(=O)O)C(O)C1O. The second kappa shape index (κ2) is 51.9. The van der Waals surface area contributed by atoms with Gasteiger partial charge in [-0.2, -0.15) is 0 Å². The number of hydrogen-bond acceptors (Lipinski definition) is 11. The fourth-order valence-electron chi connectivity index (χ4n) is 8.03. The van der Waals surface area contributed by atoms with E-state index in [2.05, 4.69) is 130 Å². The monoisotopic (exact) mass is 1070 g/mol. The predicted octanol–water partition coefficient (Wildman–Crippen LogP) is 15.2. The van der Waals surface area contributed by atoms with Gasteiger partial charge in [-0.1, -0.05) is 194 Å². The summed E-state index contributed by atoms with van der Waals surface area (Å²) in [5.41, 5.74) is 0. The molecule has 0 radical (unpaired) electrons. The number of allylic oxidation sites excluding steroid dienone is 20. The van der Waals surface area contributed by atoms with Crippen molar-refractivity contribution >= 4 is 23.9 Å². The molecule has 6 atom stereocenters. The summed E-state index contributed by atoms with van der Waals surface area (Å²) >= 11 is 0. The van der Waals surface area contributed by atoms with Crippen LogP contribution < -0.4 is 0 Å². The molecule has 12 nitrogen and oxygen atoms in total. The smallest absolute Gasteiger partial charge is 0.335 e. The van der Waals surface area contributed by atoms with E-state index in [0.717, 1.165) is 109 Å². The number of aliphatic hydroxyl groups excluding tert-OH is 2. The molecular formula is C65H102O12. The summed E-state index contributed by atoms with van der Waals surface area (Å²) in [4.78, 5) is 51.1. The molecule has 0 saturated carbocycles. The molecule has 77 heavy (non-hydrogen) atoms. The zero-order chi connectivity index (χ0) is 56.1. The van der Waals surface area contributed by atoms with Gasteiger partial charge in [0.25, 0.3) is 0 Å². The Morgan fingerprint density at radius 2 is 0.831 bits per heavy atom. The van der Waals surface area contributed by atoms with Gasteiger partial charge in [-0.05, 0) is 122 Å². The molecule has 1 fully saturated rings. The molecule has 0 aromatic carbocycles. The van der Waals surface area contributed by atoms with Crippen LogP contribution in [0.3, 0.4) is 0 Å². The summed E-state index contributed by atoms with van der Waals surface area (Å²) in [6.07, 6.45) is 58.9. The summed E-state index contributed by atoms with van der Waals surface area (Å²) in [6, 6.07) is 0. The van der Waals surface area contributed by atoms with E-state index in [1.165, 1.54) is 38.5 Å². The number of carboxylic acids is 1. The van der Waals surface area contributed by atoms with Crippen molar-refractivity contribution in [2.45, 2.75) is 250 Å². The number of carbonyl (C=O) groups is 4. The molecule has 6 unspecified atom stereocenters. The van der Waals surface area contributed by atoms with Crippen molar-refractivity contribution in [3.63, 3.8) is 0 Å². The summed E-state index contributed by atoms with van der Waals surface area (Å²) in [5, 5.41) is 31.5. The Balaban J connectivity index is 2.75. The van der Waals surface area contributed by atoms with Crippen LogP contribution in [0.25, 0.3) is 0 Å². The van der Waals surface area contributed by atoms with Crippen molar-refractivity contribution in [2.24, 2.45) is 0 Å². The van der Waals surface area contributed by atoms with Gasteiger partial charge in [-0.25, -0.2) is 4.79 Å². The maximum absolute atomic E-state index is 13.1. The third kappa shape index (κ3) is 41.8. The Bertz CT molecular complexity index is 1800. The number of esters is 3. The first-order valence-electron chi connectivity index (χ1n) is 29.5. The normalized spacial score (nSPS) is 18.9. The van der Waals surface area contributed by atoms with Gasteiger partial charge in [0.15, 0.2) is 24.6 Å². The Morgan fingerprint density at radius 3 is 1.30 bits per heavy atom. The van der Waals surface area contributed by atoms with Crippen molar-refractivity contribution < 1.29 is 58.2 Å². The van der Waals surface area contributed by atoms with Gasteiger partial charge in [0.1, 0.15) is 18.8 Å². The van der Waals surface area contributed by atoms with Gasteiger partial charge in [0.2, 0.25) is 0 Å². The van der Waals surface area contributed by atoms with E-state index in [9.17, 15) is 34.5 Å². The number of unbranched alkanes of at least 4 members (excludes halogenated alkanes) is 14. The van der Waals surface area contributed by atoms with Crippen molar-refractivity contribution in [3.05, 3.63) is 122 Å². The molecule has 1 aliphatic rings. The second-order valence-electron chi connectivity index (χ2n) is 19.5. The number of carboxylic acid groups (broad SMARTS) is 1. The van der Waals surface area contributed by atoms with Crippen molar-refractivity contribution in [1.29, 1.82) is 0 Å². The maximum Gasteiger partial charge on any atom is 0.335 e. The lowest BCUT2D eigenvalue weighted by atomic mass is 9.98. The van der Waals surface area contributed by atoms with Crippen LogP contribution in [0, 0.1) is 0 Å². The molecule has 3 N–H and O–H groups in total. The lowest BCUT2D eigenvalue weighted by molar-refractivity contribution is -0.301. The number of rotatable bonds is 48. The van der Waals surface area contributed by atoms with E-state index < -0.39 is 67.3 Å². The molecule has 0 aromatic heterocycles. The van der Waals surface area contributed by atoms with Crippen molar-refractivity contribution in [3.8, 4) is 0 Å². The first-order valence-corrected chi connectivity index (χ1v) is 29.5. The highest BCUT2D eigenvalue weighted by Crippen LogP contribution is 2.26. The largest absolute Gasteiger partial charge is 0.479 e. The minimum atomic E-state index is -1.93. The Kier molecular flexibility index (Phi) is 47.2. The van der Waals surface area contributed by atoms with Crippen molar-refractivity contribution in [2.75, 3.05) is 13.2 Å². The number of carbonyl (C=O) groups excluding carboxylic acids is 3. The topological polar surface area (TPSA) is 175 Å². The number of hydrogen-bond donors (Lipinski definition) is 3. The lowest BCUT2D eigenvalue weighted by Gasteiger charge is -2.40. The lowest BCUT2D eigenvalue weighted by Crippen LogP contribution is -2.61. The van der Waals surface area contributed by atoms with Crippen LogP contribution >= 0.6 is 0 Å². The summed E-state index contributed by atoms with van der Waals surface area (Å²) < 4.78 is 28.3. The minimum absolute atomic E-state index is 0.0285. The zero-order valence-corrected chi connectivity index (χ0v) is 47.7. The molecule has 1 heterocycles. The second-order valence-corrected chi connectivity index (χ2v) is 19.5. The van der Waals surface area contributed by atoms with Gasteiger partial charge in [0, 0.05) is 19.3 Å². The molecular weight excluding hydrogens is 973 g/mol. The molecule has 1 saturated heterocycles. The molecule has 1 rings (SSSR count). The van der Waals surface area contributed by atoms with Crippen LogP contribution in [0.1, 0.15) is 213 Å². The van der Waals surface area contributed by atoms with Crippen molar-refractivity contribution in [1.82, 2.24) is 0 Å². The molecule has 1 aliphatic heterocycles. The van der Waals surface area contributed by atoms with E-state index in [1.807, 2.05) is 12.2 Å². The first-order chi connectivity index (χ1) is 37.6. The predicted molar refractivity (Wildman–Crippen MR) is 312 cm³/mol. The van der Waals surface area contributed by atoms with E-state index >= 15 is 0 Å². The molecule has 0 spiro atoms. The average Bonchev–Trinajstić information content (AvgIpc) is 3.42. The molecule has 434 valence electrons. The quantitative estimate of drug-likeness (QED) is 0.0228. The Labute approximate surface area is 465 Å². The van der Waals surface area contributed by atoms with Crippen LogP contribution in [-0.4, -0.2) is 89.2 Å². The maximum atomic E-state index is 13.1. The average molecular weight is 1080 g/mol. The molecule has 0 bridgehead atoms. The molecule has 12 heteroatoms.